The molecule has 0 atom stereocenters. The number of aryl methyl sites for hydroxylation is 1. The van der Waals surface area contributed by atoms with Crippen molar-refractivity contribution in [2.24, 2.45) is 0 Å². The van der Waals surface area contributed by atoms with E-state index in [2.05, 4.69) is 5.10 Å². The van der Waals surface area contributed by atoms with Gasteiger partial charge in [0.05, 0.1) is 5.69 Å². The summed E-state index contributed by atoms with van der Waals surface area (Å²) in [5, 5.41) is 4.30. The average molecular weight is 219 g/mol. The van der Waals surface area contributed by atoms with Gasteiger partial charge in [-0.1, -0.05) is 0 Å². The Morgan fingerprint density at radius 1 is 1.25 bits per heavy atom. The molecule has 0 saturated carbocycles. The van der Waals surface area contributed by atoms with Crippen LogP contribution in [0.5, 0.6) is 0 Å². The van der Waals surface area contributed by atoms with E-state index in [0.29, 0.717) is 11.4 Å². The lowest BCUT2D eigenvalue weighted by Crippen LogP contribution is -2.03. The van der Waals surface area contributed by atoms with E-state index < -0.39 is 0 Å². The van der Waals surface area contributed by atoms with Gasteiger partial charge in [0.2, 0.25) is 0 Å². The van der Waals surface area contributed by atoms with E-state index in [1.165, 1.54) is 12.1 Å². The topological polar surface area (TPSA) is 43.8 Å². The Bertz CT molecular complexity index is 543. The fourth-order valence-corrected chi connectivity index (χ4v) is 1.65. The minimum atomic E-state index is -0.320. The highest BCUT2D eigenvalue weighted by atomic mass is 19.1. The molecular formula is C12H14FN3. The fraction of sp³-hybridized carbons (Fsp3) is 0.250. The first-order valence-electron chi connectivity index (χ1n) is 5.09. The van der Waals surface area contributed by atoms with E-state index in [0.717, 1.165) is 17.0 Å². The van der Waals surface area contributed by atoms with Gasteiger partial charge in [-0.2, -0.15) is 5.10 Å². The van der Waals surface area contributed by atoms with Crippen LogP contribution in [0.3, 0.4) is 0 Å². The molecule has 0 unspecified atom stereocenters. The van der Waals surface area contributed by atoms with Gasteiger partial charge in [0.1, 0.15) is 11.5 Å². The summed E-state index contributed by atoms with van der Waals surface area (Å²) in [5.74, 6) is -0.320. The predicted molar refractivity (Wildman–Crippen MR) is 62.1 cm³/mol. The molecule has 0 aliphatic rings. The van der Waals surface area contributed by atoms with Crippen molar-refractivity contribution in [3.63, 3.8) is 0 Å². The molecule has 2 aromatic rings. The van der Waals surface area contributed by atoms with Crippen LogP contribution >= 0.6 is 0 Å². The monoisotopic (exact) mass is 219 g/mol. The molecule has 2 rings (SSSR count). The number of nitrogens with two attached hydrogens (primary N) is 1. The molecule has 2 N–H and O–H groups in total. The van der Waals surface area contributed by atoms with Gasteiger partial charge < -0.3 is 5.73 Å². The van der Waals surface area contributed by atoms with Crippen LogP contribution in [0.25, 0.3) is 5.69 Å². The Kier molecular flexibility index (Phi) is 2.42. The number of benzene rings is 1. The van der Waals surface area contributed by atoms with Gasteiger partial charge in [0, 0.05) is 11.4 Å². The summed E-state index contributed by atoms with van der Waals surface area (Å²) in [6.07, 6.45) is 0. The van der Waals surface area contributed by atoms with Crippen LogP contribution in [0.15, 0.2) is 18.2 Å². The highest BCUT2D eigenvalue weighted by Crippen LogP contribution is 2.21. The van der Waals surface area contributed by atoms with Crippen LogP contribution < -0.4 is 5.73 Å². The number of hydrogen-bond acceptors (Lipinski definition) is 2. The van der Waals surface area contributed by atoms with E-state index in [9.17, 15) is 4.39 Å². The second-order valence-corrected chi connectivity index (χ2v) is 3.92. The SMILES string of the molecule is Cc1nn(-c2cc(N)ccc2F)c(C)c1C. The molecule has 1 aromatic carbocycles. The van der Waals surface area contributed by atoms with Crippen molar-refractivity contribution in [1.29, 1.82) is 0 Å². The molecule has 16 heavy (non-hydrogen) atoms. The zero-order valence-corrected chi connectivity index (χ0v) is 9.58. The van der Waals surface area contributed by atoms with Gasteiger partial charge in [-0.25, -0.2) is 9.07 Å². The number of aromatic nitrogens is 2. The lowest BCUT2D eigenvalue weighted by molar-refractivity contribution is 0.608. The van der Waals surface area contributed by atoms with Gasteiger partial charge in [-0.15, -0.1) is 0 Å². The number of hydrogen-bond donors (Lipinski definition) is 1. The third kappa shape index (κ3) is 1.56. The van der Waals surface area contributed by atoms with Crippen LogP contribution in [-0.2, 0) is 0 Å². The lowest BCUT2D eigenvalue weighted by Gasteiger charge is -2.06. The van der Waals surface area contributed by atoms with Crippen molar-refractivity contribution >= 4 is 5.69 Å². The first kappa shape index (κ1) is 10.7. The second kappa shape index (κ2) is 3.63. The Hall–Kier alpha value is -1.84. The van der Waals surface area contributed by atoms with E-state index in [1.807, 2.05) is 20.8 Å². The van der Waals surface area contributed by atoms with Crippen molar-refractivity contribution in [1.82, 2.24) is 9.78 Å². The van der Waals surface area contributed by atoms with Gasteiger partial charge in [0.15, 0.2) is 0 Å². The zero-order chi connectivity index (χ0) is 11.9. The fourth-order valence-electron chi connectivity index (χ4n) is 1.65. The summed E-state index contributed by atoms with van der Waals surface area (Å²) in [6, 6.07) is 4.49. The van der Waals surface area contributed by atoms with E-state index in [-0.39, 0.29) is 5.82 Å². The normalized spacial score (nSPS) is 10.8. The van der Waals surface area contributed by atoms with Gasteiger partial charge in [0.25, 0.3) is 0 Å². The molecule has 0 spiro atoms. The highest BCUT2D eigenvalue weighted by Gasteiger charge is 2.12. The molecule has 4 heteroatoms. The maximum Gasteiger partial charge on any atom is 0.149 e. The van der Waals surface area contributed by atoms with Crippen molar-refractivity contribution in [2.75, 3.05) is 5.73 Å². The van der Waals surface area contributed by atoms with E-state index in [1.54, 1.807) is 10.7 Å². The number of halogens is 1. The standard InChI is InChI=1S/C12H14FN3/c1-7-8(2)15-16(9(7)3)12-6-10(14)4-5-11(12)13/h4-6H,14H2,1-3H3. The van der Waals surface area contributed by atoms with Crippen molar-refractivity contribution in [3.05, 3.63) is 41.0 Å². The predicted octanol–water partition coefficient (Wildman–Crippen LogP) is 2.52. The van der Waals surface area contributed by atoms with Crippen molar-refractivity contribution < 1.29 is 4.39 Å². The second-order valence-electron chi connectivity index (χ2n) is 3.92. The zero-order valence-electron chi connectivity index (χ0n) is 9.58. The minimum absolute atomic E-state index is 0.320. The summed E-state index contributed by atoms with van der Waals surface area (Å²) in [4.78, 5) is 0. The lowest BCUT2D eigenvalue weighted by atomic mass is 10.2. The number of nitrogens with zero attached hydrogens (tertiary/aromatic N) is 2. The molecular weight excluding hydrogens is 205 g/mol. The van der Waals surface area contributed by atoms with Crippen molar-refractivity contribution in [2.45, 2.75) is 20.8 Å². The van der Waals surface area contributed by atoms with Gasteiger partial charge in [-0.05, 0) is 44.5 Å². The molecule has 0 aliphatic heterocycles. The summed E-state index contributed by atoms with van der Waals surface area (Å²) in [6.45, 7) is 5.79. The molecule has 0 amide bonds. The Morgan fingerprint density at radius 2 is 1.94 bits per heavy atom. The minimum Gasteiger partial charge on any atom is -0.399 e. The first-order valence-corrected chi connectivity index (χ1v) is 5.09. The number of rotatable bonds is 1. The van der Waals surface area contributed by atoms with Crippen LogP contribution in [0.1, 0.15) is 17.0 Å². The quantitative estimate of drug-likeness (QED) is 0.749. The first-order chi connectivity index (χ1) is 7.50. The summed E-state index contributed by atoms with van der Waals surface area (Å²) >= 11 is 0. The Balaban J connectivity index is 2.67. The average Bonchev–Trinajstić information content (AvgIpc) is 2.50. The molecule has 0 bridgehead atoms. The third-order valence-electron chi connectivity index (χ3n) is 2.85. The van der Waals surface area contributed by atoms with Gasteiger partial charge >= 0.3 is 0 Å². The summed E-state index contributed by atoms with van der Waals surface area (Å²) in [5.41, 5.74) is 9.48. The van der Waals surface area contributed by atoms with Crippen molar-refractivity contribution in [3.8, 4) is 5.69 Å². The van der Waals surface area contributed by atoms with Crippen LogP contribution in [0.4, 0.5) is 10.1 Å². The third-order valence-corrected chi connectivity index (χ3v) is 2.85. The Morgan fingerprint density at radius 3 is 2.50 bits per heavy atom. The molecule has 1 heterocycles. The number of anilines is 1. The van der Waals surface area contributed by atoms with E-state index in [4.69, 9.17) is 5.73 Å². The summed E-state index contributed by atoms with van der Waals surface area (Å²) in [7, 11) is 0. The van der Waals surface area contributed by atoms with Crippen LogP contribution in [0, 0.1) is 26.6 Å². The molecule has 0 fully saturated rings. The maximum absolute atomic E-state index is 13.7. The molecule has 0 saturated heterocycles. The molecule has 84 valence electrons. The largest absolute Gasteiger partial charge is 0.399 e. The van der Waals surface area contributed by atoms with Crippen LogP contribution in [-0.4, -0.2) is 9.78 Å². The Labute approximate surface area is 93.7 Å². The van der Waals surface area contributed by atoms with Gasteiger partial charge in [-0.3, -0.25) is 0 Å². The number of nitrogen functional groups attached to an aromatic ring is 1. The smallest absolute Gasteiger partial charge is 0.149 e. The highest BCUT2D eigenvalue weighted by molar-refractivity contribution is 5.49. The molecule has 0 aliphatic carbocycles. The maximum atomic E-state index is 13.7. The van der Waals surface area contributed by atoms with E-state index >= 15 is 0 Å². The van der Waals surface area contributed by atoms with Crippen LogP contribution in [0.2, 0.25) is 0 Å². The molecule has 3 nitrogen and oxygen atoms in total. The summed E-state index contributed by atoms with van der Waals surface area (Å²) < 4.78 is 15.3. The molecule has 1 aromatic heterocycles. The molecule has 0 radical (unpaired) electrons.